The zero-order valence-electron chi connectivity index (χ0n) is 11.9. The summed E-state index contributed by atoms with van der Waals surface area (Å²) in [5.74, 6) is 0.170. The van der Waals surface area contributed by atoms with Crippen molar-refractivity contribution in [3.63, 3.8) is 0 Å². The van der Waals surface area contributed by atoms with Crippen molar-refractivity contribution < 1.29 is 9.53 Å². The average molecular weight is 328 g/mol. The summed E-state index contributed by atoms with van der Waals surface area (Å²) in [5.41, 5.74) is 2.49. The highest BCUT2D eigenvalue weighted by Gasteiger charge is 2.13. The summed E-state index contributed by atoms with van der Waals surface area (Å²) in [4.78, 5) is 14.0. The summed E-state index contributed by atoms with van der Waals surface area (Å²) in [7, 11) is 3.50. The molecule has 0 N–H and O–H groups in total. The van der Waals surface area contributed by atoms with Crippen LogP contribution in [-0.4, -0.2) is 42.9 Å². The molecule has 0 aromatic heterocycles. The van der Waals surface area contributed by atoms with Crippen LogP contribution in [0.15, 0.2) is 24.3 Å². The van der Waals surface area contributed by atoms with Crippen LogP contribution in [-0.2, 0) is 16.0 Å². The van der Waals surface area contributed by atoms with Crippen LogP contribution < -0.4 is 0 Å². The van der Waals surface area contributed by atoms with Crippen LogP contribution in [0.2, 0.25) is 0 Å². The largest absolute Gasteiger partial charge is 0.383 e. The molecule has 1 aromatic carbocycles. The van der Waals surface area contributed by atoms with E-state index in [-0.39, 0.29) is 10.7 Å². The molecule has 0 radical (unpaired) electrons. The number of alkyl halides is 1. The first-order chi connectivity index (χ1) is 9.04. The van der Waals surface area contributed by atoms with Crippen LogP contribution in [0.4, 0.5) is 0 Å². The van der Waals surface area contributed by atoms with Gasteiger partial charge < -0.3 is 9.64 Å². The van der Waals surface area contributed by atoms with E-state index in [1.807, 2.05) is 19.2 Å². The first-order valence-corrected chi connectivity index (χ1v) is 7.37. The summed E-state index contributed by atoms with van der Waals surface area (Å²) in [6.07, 6.45) is 1.35. The van der Waals surface area contributed by atoms with E-state index in [4.69, 9.17) is 4.74 Å². The van der Waals surface area contributed by atoms with E-state index in [1.165, 1.54) is 11.1 Å². The second-order valence-corrected chi connectivity index (χ2v) is 6.05. The molecule has 0 spiro atoms. The van der Waals surface area contributed by atoms with Gasteiger partial charge in [-0.2, -0.15) is 0 Å². The van der Waals surface area contributed by atoms with Gasteiger partial charge >= 0.3 is 0 Å². The number of hydrogen-bond donors (Lipinski definition) is 0. The summed E-state index contributed by atoms with van der Waals surface area (Å²) >= 11 is 3.50. The Morgan fingerprint density at radius 2 is 2.11 bits per heavy atom. The molecule has 19 heavy (non-hydrogen) atoms. The van der Waals surface area contributed by atoms with Crippen molar-refractivity contribution >= 4 is 21.8 Å². The van der Waals surface area contributed by atoms with E-state index in [9.17, 15) is 4.79 Å². The number of amides is 1. The van der Waals surface area contributed by atoms with Crippen LogP contribution in [0.25, 0.3) is 0 Å². The molecule has 0 bridgehead atoms. The topological polar surface area (TPSA) is 29.5 Å². The van der Waals surface area contributed by atoms with Crippen molar-refractivity contribution in [3.8, 4) is 0 Å². The Kier molecular flexibility index (Phi) is 7.10. The Balaban J connectivity index is 2.40. The molecule has 3 nitrogen and oxygen atoms in total. The number of hydrogen-bond acceptors (Lipinski definition) is 2. The molecule has 4 heteroatoms. The monoisotopic (exact) mass is 327 g/mol. The Hall–Kier alpha value is -0.870. The second kappa shape index (κ2) is 8.33. The van der Waals surface area contributed by atoms with Gasteiger partial charge in [-0.3, -0.25) is 4.79 Å². The number of ether oxygens (including phenoxy) is 1. The van der Waals surface area contributed by atoms with E-state index in [1.54, 1.807) is 12.0 Å². The third-order valence-electron chi connectivity index (χ3n) is 3.11. The predicted molar refractivity (Wildman–Crippen MR) is 81.7 cm³/mol. The fourth-order valence-corrected chi connectivity index (χ4v) is 2.65. The van der Waals surface area contributed by atoms with E-state index >= 15 is 0 Å². The highest BCUT2D eigenvalue weighted by atomic mass is 79.9. The zero-order chi connectivity index (χ0) is 14.3. The number of carbonyl (C=O) groups is 1. The Morgan fingerprint density at radius 3 is 2.74 bits per heavy atom. The van der Waals surface area contributed by atoms with Gasteiger partial charge in [-0.15, -0.1) is 0 Å². The van der Waals surface area contributed by atoms with Crippen LogP contribution in [0.1, 0.15) is 17.5 Å². The van der Waals surface area contributed by atoms with Gasteiger partial charge in [-0.05, 0) is 24.5 Å². The highest BCUT2D eigenvalue weighted by Crippen LogP contribution is 2.11. The SMILES string of the molecule is COCC(Br)CN(C)C(=O)CCc1ccccc1C. The van der Waals surface area contributed by atoms with E-state index in [0.29, 0.717) is 19.6 Å². The van der Waals surface area contributed by atoms with Crippen molar-refractivity contribution in [2.45, 2.75) is 24.6 Å². The molecule has 1 rings (SSSR count). The van der Waals surface area contributed by atoms with Crippen LogP contribution >= 0.6 is 15.9 Å². The minimum atomic E-state index is 0.170. The zero-order valence-corrected chi connectivity index (χ0v) is 13.4. The van der Waals surface area contributed by atoms with Gasteiger partial charge in [0, 0.05) is 27.1 Å². The van der Waals surface area contributed by atoms with E-state index < -0.39 is 0 Å². The molecule has 1 aromatic rings. The lowest BCUT2D eigenvalue weighted by Crippen LogP contribution is -2.33. The number of aryl methyl sites for hydroxylation is 2. The first kappa shape index (κ1) is 16.2. The summed E-state index contributed by atoms with van der Waals surface area (Å²) in [6, 6.07) is 8.20. The van der Waals surface area contributed by atoms with Gasteiger partial charge in [0.2, 0.25) is 5.91 Å². The lowest BCUT2D eigenvalue weighted by molar-refractivity contribution is -0.129. The minimum absolute atomic E-state index is 0.170. The third-order valence-corrected chi connectivity index (χ3v) is 3.67. The minimum Gasteiger partial charge on any atom is -0.383 e. The lowest BCUT2D eigenvalue weighted by Gasteiger charge is -2.20. The lowest BCUT2D eigenvalue weighted by atomic mass is 10.0. The van der Waals surface area contributed by atoms with E-state index in [0.717, 1.165) is 6.42 Å². The van der Waals surface area contributed by atoms with Gasteiger partial charge in [0.1, 0.15) is 0 Å². The Labute approximate surface area is 124 Å². The molecule has 1 amide bonds. The fraction of sp³-hybridized carbons (Fsp3) is 0.533. The fourth-order valence-electron chi connectivity index (χ4n) is 1.96. The standard InChI is InChI=1S/C15H22BrNO2/c1-12-6-4-5-7-13(12)8-9-15(18)17(2)10-14(16)11-19-3/h4-7,14H,8-11H2,1-3H3. The maximum absolute atomic E-state index is 12.0. The molecule has 0 aliphatic heterocycles. The Morgan fingerprint density at radius 1 is 1.42 bits per heavy atom. The molecular weight excluding hydrogens is 306 g/mol. The van der Waals surface area contributed by atoms with Gasteiger partial charge in [-0.25, -0.2) is 0 Å². The Bertz CT molecular complexity index is 409. The number of benzene rings is 1. The average Bonchev–Trinajstić information content (AvgIpc) is 2.37. The molecule has 0 heterocycles. The maximum Gasteiger partial charge on any atom is 0.222 e. The first-order valence-electron chi connectivity index (χ1n) is 6.46. The number of carbonyl (C=O) groups excluding carboxylic acids is 1. The molecular formula is C15H22BrNO2. The third kappa shape index (κ3) is 5.74. The van der Waals surface area contributed by atoms with Gasteiger partial charge in [0.05, 0.1) is 11.4 Å². The van der Waals surface area contributed by atoms with Crippen LogP contribution in [0.5, 0.6) is 0 Å². The summed E-state index contributed by atoms with van der Waals surface area (Å²) < 4.78 is 5.04. The molecule has 0 aliphatic carbocycles. The summed E-state index contributed by atoms with van der Waals surface area (Å²) in [5, 5.41) is 0. The number of halogens is 1. The molecule has 1 atom stereocenters. The molecule has 106 valence electrons. The van der Waals surface area contributed by atoms with Crippen LogP contribution in [0.3, 0.4) is 0 Å². The van der Waals surface area contributed by atoms with Crippen molar-refractivity contribution in [3.05, 3.63) is 35.4 Å². The maximum atomic E-state index is 12.0. The number of methoxy groups -OCH3 is 1. The number of nitrogens with zero attached hydrogens (tertiary/aromatic N) is 1. The number of rotatable bonds is 7. The second-order valence-electron chi connectivity index (χ2n) is 4.75. The van der Waals surface area contributed by atoms with Crippen molar-refractivity contribution in [1.82, 2.24) is 4.90 Å². The molecule has 1 unspecified atom stereocenters. The normalized spacial score (nSPS) is 12.2. The van der Waals surface area contributed by atoms with Gasteiger partial charge in [0.15, 0.2) is 0 Å². The predicted octanol–water partition coefficient (Wildman–Crippen LogP) is 2.80. The smallest absolute Gasteiger partial charge is 0.222 e. The quantitative estimate of drug-likeness (QED) is 0.721. The van der Waals surface area contributed by atoms with Gasteiger partial charge in [0.25, 0.3) is 0 Å². The van der Waals surface area contributed by atoms with Crippen molar-refractivity contribution in [2.24, 2.45) is 0 Å². The van der Waals surface area contributed by atoms with Crippen LogP contribution in [0, 0.1) is 6.92 Å². The highest BCUT2D eigenvalue weighted by molar-refractivity contribution is 9.09. The summed E-state index contributed by atoms with van der Waals surface area (Å²) in [6.45, 7) is 3.35. The van der Waals surface area contributed by atoms with E-state index in [2.05, 4.69) is 35.0 Å². The molecule has 0 aliphatic rings. The van der Waals surface area contributed by atoms with Crippen molar-refractivity contribution in [2.75, 3.05) is 27.3 Å². The molecule has 0 saturated carbocycles. The molecule has 0 fully saturated rings. The molecule has 0 saturated heterocycles. The van der Waals surface area contributed by atoms with Gasteiger partial charge in [-0.1, -0.05) is 40.2 Å². The van der Waals surface area contributed by atoms with Crippen molar-refractivity contribution in [1.29, 1.82) is 0 Å².